The van der Waals surface area contributed by atoms with Gasteiger partial charge in [-0.25, -0.2) is 0 Å². The van der Waals surface area contributed by atoms with E-state index in [-0.39, 0.29) is 11.6 Å². The summed E-state index contributed by atoms with van der Waals surface area (Å²) in [6, 6.07) is 0. The van der Waals surface area contributed by atoms with Gasteiger partial charge < -0.3 is 4.74 Å². The Balaban J connectivity index is 1.99. The Morgan fingerprint density at radius 1 is 1.11 bits per heavy atom. The normalized spacial score (nSPS) is 50.9. The molecule has 0 aromatic rings. The van der Waals surface area contributed by atoms with E-state index in [4.69, 9.17) is 4.74 Å². The highest BCUT2D eigenvalue weighted by molar-refractivity contribution is 5.66. The van der Waals surface area contributed by atoms with E-state index in [1.54, 1.807) is 6.92 Å². The number of fused-ring (bicyclic) bond motifs is 1. The van der Waals surface area contributed by atoms with E-state index in [1.807, 2.05) is 0 Å². The standard InChI is InChI=1S/C17H28O2/c1-11-6-7-13-15(3,4)14-10-17(11,13)9-8-16(14,5)19-12(2)18/h11,13-14H,6-10H2,1-5H3/t11?,13?,14?,16-,17?/m1/s1. The Labute approximate surface area is 117 Å². The summed E-state index contributed by atoms with van der Waals surface area (Å²) in [4.78, 5) is 11.5. The molecule has 3 aliphatic rings. The minimum atomic E-state index is -0.232. The zero-order valence-corrected chi connectivity index (χ0v) is 13.1. The van der Waals surface area contributed by atoms with Crippen molar-refractivity contribution in [2.24, 2.45) is 28.6 Å². The Morgan fingerprint density at radius 3 is 2.42 bits per heavy atom. The van der Waals surface area contributed by atoms with Crippen LogP contribution in [0.3, 0.4) is 0 Å². The van der Waals surface area contributed by atoms with Crippen LogP contribution in [0.4, 0.5) is 0 Å². The lowest BCUT2D eigenvalue weighted by atomic mass is 9.64. The molecule has 2 bridgehead atoms. The van der Waals surface area contributed by atoms with Crippen LogP contribution in [0.15, 0.2) is 0 Å². The van der Waals surface area contributed by atoms with Crippen molar-refractivity contribution in [3.05, 3.63) is 0 Å². The average Bonchev–Trinajstić information content (AvgIpc) is 2.69. The van der Waals surface area contributed by atoms with Crippen molar-refractivity contribution < 1.29 is 9.53 Å². The van der Waals surface area contributed by atoms with Gasteiger partial charge in [0.2, 0.25) is 0 Å². The van der Waals surface area contributed by atoms with E-state index < -0.39 is 0 Å². The van der Waals surface area contributed by atoms with E-state index in [0.717, 1.165) is 18.3 Å². The van der Waals surface area contributed by atoms with Crippen molar-refractivity contribution in [1.29, 1.82) is 0 Å². The highest BCUT2D eigenvalue weighted by Crippen LogP contribution is 2.73. The molecule has 3 rings (SSSR count). The molecular weight excluding hydrogens is 236 g/mol. The maximum Gasteiger partial charge on any atom is 0.303 e. The van der Waals surface area contributed by atoms with E-state index in [9.17, 15) is 4.79 Å². The molecule has 0 amide bonds. The number of rotatable bonds is 1. The monoisotopic (exact) mass is 264 g/mol. The molecule has 4 unspecified atom stereocenters. The largest absolute Gasteiger partial charge is 0.459 e. The first-order valence-electron chi connectivity index (χ1n) is 7.92. The smallest absolute Gasteiger partial charge is 0.303 e. The lowest BCUT2D eigenvalue weighted by molar-refractivity contribution is -0.171. The number of hydrogen-bond acceptors (Lipinski definition) is 2. The van der Waals surface area contributed by atoms with Crippen molar-refractivity contribution in [3.8, 4) is 0 Å². The number of carbonyl (C=O) groups excluding carboxylic acids is 1. The second-order valence-electron chi connectivity index (χ2n) is 8.25. The van der Waals surface area contributed by atoms with Gasteiger partial charge in [0, 0.05) is 12.8 Å². The predicted octanol–water partition coefficient (Wildman–Crippen LogP) is 4.18. The van der Waals surface area contributed by atoms with Crippen molar-refractivity contribution in [1.82, 2.24) is 0 Å². The first-order valence-corrected chi connectivity index (χ1v) is 7.92. The molecule has 0 radical (unpaired) electrons. The number of esters is 1. The van der Waals surface area contributed by atoms with Gasteiger partial charge in [-0.05, 0) is 61.7 Å². The summed E-state index contributed by atoms with van der Waals surface area (Å²) in [7, 11) is 0. The topological polar surface area (TPSA) is 26.3 Å². The second-order valence-corrected chi connectivity index (χ2v) is 8.25. The zero-order chi connectivity index (χ0) is 14.1. The third-order valence-electron chi connectivity index (χ3n) is 7.15. The van der Waals surface area contributed by atoms with Crippen LogP contribution in [0.5, 0.6) is 0 Å². The lowest BCUT2D eigenvalue weighted by Crippen LogP contribution is -2.47. The van der Waals surface area contributed by atoms with Gasteiger partial charge in [0.1, 0.15) is 5.60 Å². The van der Waals surface area contributed by atoms with Crippen LogP contribution in [0.2, 0.25) is 0 Å². The van der Waals surface area contributed by atoms with Crippen molar-refractivity contribution in [2.75, 3.05) is 0 Å². The van der Waals surface area contributed by atoms with Crippen molar-refractivity contribution >= 4 is 5.97 Å². The van der Waals surface area contributed by atoms with Gasteiger partial charge >= 0.3 is 5.97 Å². The van der Waals surface area contributed by atoms with Crippen LogP contribution in [0.25, 0.3) is 0 Å². The van der Waals surface area contributed by atoms with Crippen LogP contribution >= 0.6 is 0 Å². The summed E-state index contributed by atoms with van der Waals surface area (Å²) in [5.41, 5.74) is 0.629. The Morgan fingerprint density at radius 2 is 1.79 bits per heavy atom. The molecule has 19 heavy (non-hydrogen) atoms. The van der Waals surface area contributed by atoms with Gasteiger partial charge in [0.15, 0.2) is 0 Å². The summed E-state index contributed by atoms with van der Waals surface area (Å²) < 4.78 is 5.80. The molecule has 3 aliphatic carbocycles. The van der Waals surface area contributed by atoms with Crippen molar-refractivity contribution in [2.45, 2.75) is 72.3 Å². The zero-order valence-electron chi connectivity index (χ0n) is 13.1. The van der Waals surface area contributed by atoms with Gasteiger partial charge in [0.05, 0.1) is 0 Å². The predicted molar refractivity (Wildman–Crippen MR) is 75.6 cm³/mol. The molecule has 5 atom stereocenters. The van der Waals surface area contributed by atoms with Gasteiger partial charge in [0.25, 0.3) is 0 Å². The first kappa shape index (κ1) is 13.5. The van der Waals surface area contributed by atoms with Gasteiger partial charge in [-0.3, -0.25) is 4.79 Å². The van der Waals surface area contributed by atoms with Crippen LogP contribution in [-0.4, -0.2) is 11.6 Å². The number of hydrogen-bond donors (Lipinski definition) is 0. The fourth-order valence-electron chi connectivity index (χ4n) is 6.31. The van der Waals surface area contributed by atoms with Gasteiger partial charge in [-0.15, -0.1) is 0 Å². The summed E-state index contributed by atoms with van der Waals surface area (Å²) in [6.07, 6.45) is 6.35. The van der Waals surface area contributed by atoms with Crippen LogP contribution in [-0.2, 0) is 9.53 Å². The highest BCUT2D eigenvalue weighted by atomic mass is 16.6. The third-order valence-corrected chi connectivity index (χ3v) is 7.15. The highest BCUT2D eigenvalue weighted by Gasteiger charge is 2.68. The molecule has 0 aromatic carbocycles. The molecule has 0 aliphatic heterocycles. The molecule has 0 N–H and O–H groups in total. The maximum atomic E-state index is 11.5. The molecule has 0 heterocycles. The summed E-state index contributed by atoms with van der Waals surface area (Å²) >= 11 is 0. The molecule has 108 valence electrons. The minimum Gasteiger partial charge on any atom is -0.459 e. The van der Waals surface area contributed by atoms with Crippen LogP contribution in [0, 0.1) is 28.6 Å². The summed E-state index contributed by atoms with van der Waals surface area (Å²) in [5, 5.41) is 0. The fourth-order valence-corrected chi connectivity index (χ4v) is 6.31. The molecule has 0 saturated heterocycles. The van der Waals surface area contributed by atoms with Gasteiger partial charge in [-0.2, -0.15) is 0 Å². The molecule has 2 nitrogen and oxygen atoms in total. The lowest BCUT2D eigenvalue weighted by Gasteiger charge is -2.46. The minimum absolute atomic E-state index is 0.112. The van der Waals surface area contributed by atoms with Gasteiger partial charge in [-0.1, -0.05) is 20.8 Å². The first-order chi connectivity index (χ1) is 8.72. The second kappa shape index (κ2) is 3.77. The molecular formula is C17H28O2. The molecule has 3 fully saturated rings. The number of carbonyl (C=O) groups is 1. The fraction of sp³-hybridized carbons (Fsp3) is 0.941. The maximum absolute atomic E-state index is 11.5. The Hall–Kier alpha value is -0.530. The van der Waals surface area contributed by atoms with Crippen molar-refractivity contribution in [3.63, 3.8) is 0 Å². The Bertz CT molecular complexity index is 413. The third kappa shape index (κ3) is 1.58. The quantitative estimate of drug-likeness (QED) is 0.664. The van der Waals surface area contributed by atoms with E-state index in [1.165, 1.54) is 25.7 Å². The van der Waals surface area contributed by atoms with E-state index in [0.29, 0.717) is 16.7 Å². The SMILES string of the molecule is CC(=O)O[C@]1(C)CCC23CC1C(C)(C)C2CCC3C. The average molecular weight is 264 g/mol. The molecule has 2 heteroatoms. The summed E-state index contributed by atoms with van der Waals surface area (Å²) in [5.74, 6) is 2.10. The Kier molecular flexibility index (Phi) is 2.67. The summed E-state index contributed by atoms with van der Waals surface area (Å²) in [6.45, 7) is 11.0. The van der Waals surface area contributed by atoms with E-state index in [2.05, 4.69) is 27.7 Å². The van der Waals surface area contributed by atoms with Crippen LogP contribution < -0.4 is 0 Å². The molecule has 0 aromatic heterocycles. The number of ether oxygens (including phenoxy) is 1. The molecule has 3 saturated carbocycles. The van der Waals surface area contributed by atoms with Crippen LogP contribution in [0.1, 0.15) is 66.7 Å². The van der Waals surface area contributed by atoms with E-state index >= 15 is 0 Å². The molecule has 1 spiro atoms.